The van der Waals surface area contributed by atoms with Crippen LogP contribution in [0.25, 0.3) is 0 Å². The zero-order valence-corrected chi connectivity index (χ0v) is 10.7. The van der Waals surface area contributed by atoms with E-state index in [9.17, 15) is 0 Å². The topological polar surface area (TPSA) is 42.3 Å². The van der Waals surface area contributed by atoms with Gasteiger partial charge in [0.05, 0.1) is 6.07 Å². The second-order valence-corrected chi connectivity index (χ2v) is 4.48. The van der Waals surface area contributed by atoms with Crippen LogP contribution in [0, 0.1) is 11.3 Å². The number of likely N-dealkylation sites (N-methyl/N-ethyl adjacent to an activating group) is 2. The number of nitriles is 1. The summed E-state index contributed by atoms with van der Waals surface area (Å²) in [7, 11) is 0. The van der Waals surface area contributed by atoms with Crippen molar-refractivity contribution in [3.63, 3.8) is 0 Å². The van der Waals surface area contributed by atoms with E-state index in [2.05, 4.69) is 35.0 Å². The summed E-state index contributed by atoms with van der Waals surface area (Å²) in [5.41, 5.74) is 0. The molecule has 0 aromatic carbocycles. The first-order valence-electron chi connectivity index (χ1n) is 6.30. The highest BCUT2D eigenvalue weighted by atomic mass is 15.3. The molecule has 0 amide bonds. The predicted molar refractivity (Wildman–Crippen MR) is 66.2 cm³/mol. The van der Waals surface area contributed by atoms with Gasteiger partial charge in [-0.25, -0.2) is 0 Å². The summed E-state index contributed by atoms with van der Waals surface area (Å²) in [6.45, 7) is 12.7. The second-order valence-electron chi connectivity index (χ2n) is 4.48. The number of nitrogens with zero attached hydrogens (tertiary/aromatic N) is 3. The average Bonchev–Trinajstić information content (AvgIpc) is 2.28. The van der Waals surface area contributed by atoms with Crippen LogP contribution in [-0.4, -0.2) is 61.2 Å². The average molecular weight is 224 g/mol. The van der Waals surface area contributed by atoms with Crippen molar-refractivity contribution in [2.75, 3.05) is 39.3 Å². The van der Waals surface area contributed by atoms with Gasteiger partial charge in [0.1, 0.15) is 6.04 Å². The zero-order chi connectivity index (χ0) is 12.0. The van der Waals surface area contributed by atoms with Gasteiger partial charge in [0.2, 0.25) is 0 Å². The molecule has 0 radical (unpaired) electrons. The molecule has 1 saturated heterocycles. The van der Waals surface area contributed by atoms with E-state index >= 15 is 0 Å². The molecule has 0 spiro atoms. The van der Waals surface area contributed by atoms with E-state index in [4.69, 9.17) is 5.26 Å². The highest BCUT2D eigenvalue weighted by Crippen LogP contribution is 2.09. The van der Waals surface area contributed by atoms with Crippen molar-refractivity contribution in [2.45, 2.75) is 32.9 Å². The minimum absolute atomic E-state index is 0.0228. The molecule has 0 aliphatic carbocycles. The SMILES string of the molecule is CCNC(C#N)CN1CCN(CC)C(C)C1. The third kappa shape index (κ3) is 3.75. The summed E-state index contributed by atoms with van der Waals surface area (Å²) < 4.78 is 0. The highest BCUT2D eigenvalue weighted by molar-refractivity contribution is 4.93. The lowest BCUT2D eigenvalue weighted by Crippen LogP contribution is -2.54. The van der Waals surface area contributed by atoms with Crippen LogP contribution in [0.1, 0.15) is 20.8 Å². The lowest BCUT2D eigenvalue weighted by atomic mass is 10.1. The summed E-state index contributed by atoms with van der Waals surface area (Å²) in [4.78, 5) is 4.89. The van der Waals surface area contributed by atoms with Gasteiger partial charge < -0.3 is 5.32 Å². The molecule has 1 rings (SSSR count). The van der Waals surface area contributed by atoms with E-state index in [1.807, 2.05) is 6.92 Å². The Bertz CT molecular complexity index is 236. The molecule has 4 heteroatoms. The maximum atomic E-state index is 9.00. The summed E-state index contributed by atoms with van der Waals surface area (Å²) in [5, 5.41) is 12.2. The van der Waals surface area contributed by atoms with Crippen LogP contribution >= 0.6 is 0 Å². The Morgan fingerprint density at radius 2 is 2.19 bits per heavy atom. The van der Waals surface area contributed by atoms with Crippen LogP contribution in [0.2, 0.25) is 0 Å². The van der Waals surface area contributed by atoms with E-state index in [0.717, 1.165) is 39.3 Å². The lowest BCUT2D eigenvalue weighted by Gasteiger charge is -2.39. The second kappa shape index (κ2) is 6.85. The smallest absolute Gasteiger partial charge is 0.108 e. The summed E-state index contributed by atoms with van der Waals surface area (Å²) >= 11 is 0. The minimum Gasteiger partial charge on any atom is -0.301 e. The fraction of sp³-hybridized carbons (Fsp3) is 0.917. The molecule has 0 bridgehead atoms. The van der Waals surface area contributed by atoms with Crippen molar-refractivity contribution in [3.05, 3.63) is 0 Å². The largest absolute Gasteiger partial charge is 0.301 e. The molecule has 1 aliphatic rings. The predicted octanol–water partition coefficient (Wildman–Crippen LogP) is 0.514. The maximum Gasteiger partial charge on any atom is 0.108 e. The Morgan fingerprint density at radius 1 is 1.44 bits per heavy atom. The fourth-order valence-corrected chi connectivity index (χ4v) is 2.36. The maximum absolute atomic E-state index is 9.00. The number of nitrogens with one attached hydrogen (secondary N) is 1. The van der Waals surface area contributed by atoms with Gasteiger partial charge in [-0.15, -0.1) is 0 Å². The van der Waals surface area contributed by atoms with Crippen LogP contribution in [-0.2, 0) is 0 Å². The van der Waals surface area contributed by atoms with Gasteiger partial charge in [-0.05, 0) is 20.0 Å². The molecule has 1 heterocycles. The number of hydrogen-bond donors (Lipinski definition) is 1. The molecule has 1 aliphatic heterocycles. The molecule has 1 N–H and O–H groups in total. The molecule has 0 aromatic rings. The molecular formula is C12H24N4. The minimum atomic E-state index is -0.0228. The monoisotopic (exact) mass is 224 g/mol. The van der Waals surface area contributed by atoms with Gasteiger partial charge in [-0.1, -0.05) is 13.8 Å². The molecule has 0 saturated carbocycles. The molecule has 2 unspecified atom stereocenters. The number of piperazine rings is 1. The number of hydrogen-bond acceptors (Lipinski definition) is 4. The number of rotatable bonds is 5. The molecule has 0 aromatic heterocycles. The van der Waals surface area contributed by atoms with Crippen molar-refractivity contribution >= 4 is 0 Å². The van der Waals surface area contributed by atoms with E-state index in [0.29, 0.717) is 6.04 Å². The van der Waals surface area contributed by atoms with Crippen LogP contribution in [0.3, 0.4) is 0 Å². The van der Waals surface area contributed by atoms with Gasteiger partial charge in [-0.3, -0.25) is 9.80 Å². The lowest BCUT2D eigenvalue weighted by molar-refractivity contribution is 0.0851. The Hall–Kier alpha value is -0.630. The fourth-order valence-electron chi connectivity index (χ4n) is 2.36. The summed E-state index contributed by atoms with van der Waals surface area (Å²) in [5.74, 6) is 0. The molecule has 4 nitrogen and oxygen atoms in total. The van der Waals surface area contributed by atoms with Gasteiger partial charge in [0.25, 0.3) is 0 Å². The normalized spacial score (nSPS) is 25.2. The van der Waals surface area contributed by atoms with Crippen LogP contribution in [0.5, 0.6) is 0 Å². The van der Waals surface area contributed by atoms with E-state index in [-0.39, 0.29) is 6.04 Å². The quantitative estimate of drug-likeness (QED) is 0.739. The third-order valence-electron chi connectivity index (χ3n) is 3.30. The van der Waals surface area contributed by atoms with Crippen LogP contribution in [0.4, 0.5) is 0 Å². The Kier molecular flexibility index (Phi) is 5.75. The van der Waals surface area contributed by atoms with Gasteiger partial charge in [0, 0.05) is 32.2 Å². The van der Waals surface area contributed by atoms with Gasteiger partial charge >= 0.3 is 0 Å². The standard InChI is InChI=1S/C12H24N4/c1-4-14-12(8-13)10-15-6-7-16(5-2)11(3)9-15/h11-12,14H,4-7,9-10H2,1-3H3. The Balaban J connectivity index is 2.37. The van der Waals surface area contributed by atoms with Crippen molar-refractivity contribution in [3.8, 4) is 6.07 Å². The van der Waals surface area contributed by atoms with Crippen molar-refractivity contribution in [2.24, 2.45) is 0 Å². The molecule has 2 atom stereocenters. The summed E-state index contributed by atoms with van der Waals surface area (Å²) in [6.07, 6.45) is 0. The summed E-state index contributed by atoms with van der Waals surface area (Å²) in [6, 6.07) is 2.91. The molecule has 1 fully saturated rings. The zero-order valence-electron chi connectivity index (χ0n) is 10.7. The van der Waals surface area contributed by atoms with Gasteiger partial charge in [-0.2, -0.15) is 5.26 Å². The first-order valence-corrected chi connectivity index (χ1v) is 6.30. The van der Waals surface area contributed by atoms with Crippen molar-refractivity contribution in [1.82, 2.24) is 15.1 Å². The van der Waals surface area contributed by atoms with E-state index < -0.39 is 0 Å². The Labute approximate surface area is 99.2 Å². The third-order valence-corrected chi connectivity index (χ3v) is 3.30. The molecule has 92 valence electrons. The van der Waals surface area contributed by atoms with Crippen LogP contribution in [0.15, 0.2) is 0 Å². The molecular weight excluding hydrogens is 200 g/mol. The van der Waals surface area contributed by atoms with E-state index in [1.165, 1.54) is 0 Å². The highest BCUT2D eigenvalue weighted by Gasteiger charge is 2.23. The first kappa shape index (κ1) is 13.4. The Morgan fingerprint density at radius 3 is 2.69 bits per heavy atom. The van der Waals surface area contributed by atoms with Crippen LogP contribution < -0.4 is 5.32 Å². The van der Waals surface area contributed by atoms with Crippen molar-refractivity contribution < 1.29 is 0 Å². The molecule has 16 heavy (non-hydrogen) atoms. The van der Waals surface area contributed by atoms with E-state index in [1.54, 1.807) is 0 Å². The first-order chi connectivity index (χ1) is 7.71. The van der Waals surface area contributed by atoms with Crippen molar-refractivity contribution in [1.29, 1.82) is 5.26 Å². The van der Waals surface area contributed by atoms with Gasteiger partial charge in [0.15, 0.2) is 0 Å².